The maximum Gasteiger partial charge on any atom is 0.501 e. The van der Waals surface area contributed by atoms with Crippen molar-refractivity contribution in [3.8, 4) is 0 Å². The number of rotatable bonds is 5. The summed E-state index contributed by atoms with van der Waals surface area (Å²) in [7, 11) is -2.53. The molecule has 4 fully saturated rings. The first-order valence-corrected chi connectivity index (χ1v) is 13.3. The van der Waals surface area contributed by atoms with Crippen LogP contribution in [0.15, 0.2) is 0 Å². The molecular weight excluding hydrogens is 367 g/mol. The van der Waals surface area contributed by atoms with Gasteiger partial charge in [0.15, 0.2) is 0 Å². The predicted molar refractivity (Wildman–Crippen MR) is 97.4 cm³/mol. The van der Waals surface area contributed by atoms with Crippen molar-refractivity contribution in [3.05, 3.63) is 0 Å². The van der Waals surface area contributed by atoms with Crippen LogP contribution in [0.3, 0.4) is 0 Å². The molecule has 4 saturated heterocycles. The largest absolute Gasteiger partial charge is 0.501 e. The van der Waals surface area contributed by atoms with Gasteiger partial charge in [0.25, 0.3) is 6.64 Å². The molecule has 4 aliphatic heterocycles. The van der Waals surface area contributed by atoms with Gasteiger partial charge in [-0.05, 0) is 18.2 Å². The normalized spacial score (nSPS) is 35.8. The second-order valence-electron chi connectivity index (χ2n) is 7.29. The van der Waals surface area contributed by atoms with E-state index in [1.54, 1.807) is 0 Å². The molecular formula is C14H29N2O5PSSi. The highest BCUT2D eigenvalue weighted by Crippen LogP contribution is 2.50. The summed E-state index contributed by atoms with van der Waals surface area (Å²) in [4.78, 5) is 2.32. The van der Waals surface area contributed by atoms with Crippen LogP contribution in [0.2, 0.25) is 6.04 Å². The summed E-state index contributed by atoms with van der Waals surface area (Å²) in [6.07, 6.45) is 0.879. The molecule has 140 valence electrons. The third-order valence-corrected chi connectivity index (χ3v) is 9.87. The highest BCUT2D eigenvalue weighted by Gasteiger charge is 2.43. The Balaban J connectivity index is 1.44. The van der Waals surface area contributed by atoms with E-state index in [0.717, 1.165) is 38.6 Å². The smallest absolute Gasteiger partial charge is 0.372 e. The summed E-state index contributed by atoms with van der Waals surface area (Å²) in [5.74, 6) is 0. The Bertz CT molecular complexity index is 444. The van der Waals surface area contributed by atoms with E-state index < -0.39 is 15.4 Å². The molecule has 1 N–H and O–H groups in total. The quantitative estimate of drug-likeness (QED) is 0.427. The minimum atomic E-state index is -2.53. The maximum atomic E-state index is 6.03. The zero-order valence-electron chi connectivity index (χ0n) is 14.6. The lowest BCUT2D eigenvalue weighted by molar-refractivity contribution is -0.00850. The Hall–Kier alpha value is 0.587. The van der Waals surface area contributed by atoms with Gasteiger partial charge in [-0.15, -0.1) is 0 Å². The van der Waals surface area contributed by atoms with Crippen molar-refractivity contribution in [1.29, 1.82) is 0 Å². The molecule has 24 heavy (non-hydrogen) atoms. The molecule has 0 unspecified atom stereocenters. The van der Waals surface area contributed by atoms with E-state index in [0.29, 0.717) is 33.0 Å². The van der Waals surface area contributed by atoms with Gasteiger partial charge >= 0.3 is 8.80 Å². The lowest BCUT2D eigenvalue weighted by Crippen LogP contribution is -2.55. The van der Waals surface area contributed by atoms with E-state index in [9.17, 15) is 0 Å². The molecule has 0 saturated carbocycles. The lowest BCUT2D eigenvalue weighted by Gasteiger charge is -2.38. The van der Waals surface area contributed by atoms with Crippen LogP contribution in [0.4, 0.5) is 0 Å². The van der Waals surface area contributed by atoms with Gasteiger partial charge in [0.2, 0.25) is 0 Å². The van der Waals surface area contributed by atoms with E-state index in [-0.39, 0.29) is 5.41 Å². The fourth-order valence-corrected chi connectivity index (χ4v) is 7.70. The van der Waals surface area contributed by atoms with Gasteiger partial charge < -0.3 is 22.3 Å². The number of hydrogen-bond acceptors (Lipinski definition) is 7. The molecule has 0 aromatic rings. The molecule has 0 atom stereocenters. The molecule has 7 nitrogen and oxygen atoms in total. The van der Waals surface area contributed by atoms with Crippen molar-refractivity contribution in [2.45, 2.75) is 26.3 Å². The van der Waals surface area contributed by atoms with Crippen molar-refractivity contribution in [2.24, 2.45) is 5.41 Å². The van der Waals surface area contributed by atoms with Gasteiger partial charge in [-0.2, -0.15) is 0 Å². The topological polar surface area (TPSA) is 61.4 Å². The molecule has 0 radical (unpaired) electrons. The average molecular weight is 397 g/mol. The summed E-state index contributed by atoms with van der Waals surface area (Å²) < 4.78 is 29.7. The Morgan fingerprint density at radius 2 is 1.58 bits per heavy atom. The maximum absolute atomic E-state index is 6.03. The van der Waals surface area contributed by atoms with E-state index >= 15 is 0 Å². The molecule has 0 aromatic heterocycles. The van der Waals surface area contributed by atoms with E-state index in [1.165, 1.54) is 0 Å². The molecule has 0 aromatic carbocycles. The molecule has 0 amide bonds. The summed E-state index contributed by atoms with van der Waals surface area (Å²) >= 11 is 5.52. The zero-order valence-corrected chi connectivity index (χ0v) is 17.3. The summed E-state index contributed by atoms with van der Waals surface area (Å²) in [6.45, 7) is 8.90. The number of nitrogens with zero attached hydrogens (tertiary/aromatic N) is 1. The Morgan fingerprint density at radius 1 is 1.04 bits per heavy atom. The predicted octanol–water partition coefficient (Wildman–Crippen LogP) is 1.58. The van der Waals surface area contributed by atoms with Gasteiger partial charge in [0.05, 0.1) is 33.0 Å². The molecule has 2 bridgehead atoms. The van der Waals surface area contributed by atoms with Crippen molar-refractivity contribution in [2.75, 3.05) is 59.2 Å². The van der Waals surface area contributed by atoms with Crippen LogP contribution in [0.1, 0.15) is 20.3 Å². The van der Waals surface area contributed by atoms with Crippen molar-refractivity contribution in [3.63, 3.8) is 0 Å². The minimum Gasteiger partial charge on any atom is -0.372 e. The second-order valence-corrected chi connectivity index (χ2v) is 13.3. The van der Waals surface area contributed by atoms with Gasteiger partial charge in [-0.3, -0.25) is 4.90 Å². The first kappa shape index (κ1) is 19.4. The first-order chi connectivity index (χ1) is 11.4. The first-order valence-electron chi connectivity index (χ1n) is 8.69. The van der Waals surface area contributed by atoms with Crippen molar-refractivity contribution < 1.29 is 22.3 Å². The van der Waals surface area contributed by atoms with Crippen LogP contribution in [-0.4, -0.2) is 72.9 Å². The summed E-state index contributed by atoms with van der Waals surface area (Å²) in [5.41, 5.74) is 0.0387. The van der Waals surface area contributed by atoms with Crippen molar-refractivity contribution >= 4 is 27.3 Å². The van der Waals surface area contributed by atoms with Gasteiger partial charge in [0.1, 0.15) is 0 Å². The number of nitrogens with one attached hydrogen (secondary N) is 1. The number of fused-ring (bicyclic) bond motifs is 6. The SMILES string of the molecule is CC1(C)COP(=S)(NCCC[Si]23OCCN(CCO2)CCO3)OC1. The minimum absolute atomic E-state index is 0.0387. The zero-order chi connectivity index (χ0) is 17.1. The molecule has 10 heteroatoms. The van der Waals surface area contributed by atoms with Crippen molar-refractivity contribution in [1.82, 2.24) is 9.99 Å². The average Bonchev–Trinajstić information content (AvgIpc) is 2.48. The fraction of sp³-hybridized carbons (Fsp3) is 1.00. The monoisotopic (exact) mass is 396 g/mol. The van der Waals surface area contributed by atoms with Gasteiger partial charge in [-0.1, -0.05) is 13.8 Å². The summed E-state index contributed by atoms with van der Waals surface area (Å²) in [6, 6.07) is 0.806. The fourth-order valence-electron chi connectivity index (χ4n) is 2.88. The Kier molecular flexibility index (Phi) is 6.52. The molecule has 4 aliphatic rings. The third-order valence-electron chi connectivity index (χ3n) is 4.40. The second kappa shape index (κ2) is 8.08. The molecule has 4 heterocycles. The number of hydrogen-bond donors (Lipinski definition) is 1. The van der Waals surface area contributed by atoms with Gasteiger partial charge in [0, 0.05) is 37.6 Å². The highest BCUT2D eigenvalue weighted by atomic mass is 32.5. The van der Waals surface area contributed by atoms with Crippen LogP contribution >= 0.6 is 6.64 Å². The lowest BCUT2D eigenvalue weighted by atomic mass is 9.97. The van der Waals surface area contributed by atoms with E-state index in [1.807, 2.05) is 0 Å². The molecule has 0 spiro atoms. The molecule has 4 rings (SSSR count). The standard InChI is InChI=1S/C14H29N2O5PSSi/c1-14(2)12-17-22(23,18-13-14)15-4-3-11-24-19-8-5-16(6-9-20-24)7-10-21-24/h3-13H2,1-2H3,(H,15,23). The van der Waals surface area contributed by atoms with Crippen LogP contribution in [0.25, 0.3) is 0 Å². The summed E-state index contributed by atoms with van der Waals surface area (Å²) in [5, 5.41) is 3.30. The van der Waals surface area contributed by atoms with Crippen LogP contribution < -0.4 is 5.09 Å². The Morgan fingerprint density at radius 3 is 2.12 bits per heavy atom. The van der Waals surface area contributed by atoms with Crippen LogP contribution in [0.5, 0.6) is 0 Å². The van der Waals surface area contributed by atoms with Crippen LogP contribution in [0, 0.1) is 5.41 Å². The Labute approximate surface area is 150 Å². The highest BCUT2D eigenvalue weighted by molar-refractivity contribution is 8.09. The third kappa shape index (κ3) is 5.29. The van der Waals surface area contributed by atoms with E-state index in [2.05, 4.69) is 23.8 Å². The van der Waals surface area contributed by atoms with E-state index in [4.69, 9.17) is 34.1 Å². The molecule has 0 aliphatic carbocycles. The van der Waals surface area contributed by atoms with Crippen LogP contribution in [-0.2, 0) is 34.1 Å². The van der Waals surface area contributed by atoms with Gasteiger partial charge in [-0.25, -0.2) is 5.09 Å².